The first-order chi connectivity index (χ1) is 20.8. The molecule has 1 N–H and O–H groups in total. The van der Waals surface area contributed by atoms with Crippen molar-refractivity contribution in [2.24, 2.45) is 0 Å². The average Bonchev–Trinajstić information content (AvgIpc) is 2.96. The minimum absolute atomic E-state index is 0.0488. The van der Waals surface area contributed by atoms with Crippen LogP contribution in [0, 0.1) is 10.1 Å². The molecule has 0 radical (unpaired) electrons. The Balaban J connectivity index is 1.63. The number of ether oxygens (including phenoxy) is 2. The number of hydrogen-bond acceptors (Lipinski definition) is 8. The smallest absolute Gasteiger partial charge is 0.416 e. The number of aliphatic carboxylic acids is 1. The Hall–Kier alpha value is -4.20. The van der Waals surface area contributed by atoms with Crippen molar-refractivity contribution in [3.8, 4) is 17.2 Å². The number of nitro groups is 1. The van der Waals surface area contributed by atoms with Crippen LogP contribution in [0.2, 0.25) is 0 Å². The van der Waals surface area contributed by atoms with Crippen LogP contribution in [0.4, 0.5) is 18.9 Å². The SMILES string of the molecule is COc1cc(C2C3=C(CCCC3=O)N(CCC(=O)O)C3=C2C(=O)CCC3)cc(Br)c1Oc1ccc(C(F)(F)F)cc1[N+](=O)[O-]. The van der Waals surface area contributed by atoms with Crippen molar-refractivity contribution in [2.75, 3.05) is 13.7 Å². The molecule has 0 spiro atoms. The Labute approximate surface area is 257 Å². The molecule has 44 heavy (non-hydrogen) atoms. The Morgan fingerprint density at radius 2 is 1.66 bits per heavy atom. The number of nitro benzene ring substituents is 1. The summed E-state index contributed by atoms with van der Waals surface area (Å²) in [7, 11) is 1.31. The molecule has 232 valence electrons. The Morgan fingerprint density at radius 1 is 1.05 bits per heavy atom. The van der Waals surface area contributed by atoms with Gasteiger partial charge in [0.15, 0.2) is 23.1 Å². The van der Waals surface area contributed by atoms with Gasteiger partial charge in [-0.25, -0.2) is 0 Å². The summed E-state index contributed by atoms with van der Waals surface area (Å²) in [5.74, 6) is -2.56. The van der Waals surface area contributed by atoms with Gasteiger partial charge < -0.3 is 19.5 Å². The van der Waals surface area contributed by atoms with Crippen molar-refractivity contribution in [1.82, 2.24) is 4.90 Å². The van der Waals surface area contributed by atoms with Gasteiger partial charge in [-0.2, -0.15) is 13.2 Å². The highest BCUT2D eigenvalue weighted by Gasteiger charge is 2.44. The topological polar surface area (TPSA) is 136 Å². The lowest BCUT2D eigenvalue weighted by molar-refractivity contribution is -0.385. The van der Waals surface area contributed by atoms with E-state index in [-0.39, 0.29) is 53.3 Å². The maximum atomic E-state index is 13.5. The molecule has 1 heterocycles. The molecule has 2 aliphatic carbocycles. The number of alkyl halides is 3. The van der Waals surface area contributed by atoms with Crippen LogP contribution >= 0.6 is 15.9 Å². The third kappa shape index (κ3) is 5.82. The monoisotopic (exact) mass is 678 g/mol. The molecule has 0 amide bonds. The van der Waals surface area contributed by atoms with Gasteiger partial charge in [-0.3, -0.25) is 24.5 Å². The number of halogens is 4. The zero-order valence-corrected chi connectivity index (χ0v) is 24.9. The number of carbonyl (C=O) groups is 3. The first-order valence-electron chi connectivity index (χ1n) is 13.7. The quantitative estimate of drug-likeness (QED) is 0.230. The molecular formula is C30H26BrF3N2O8. The molecule has 1 aliphatic heterocycles. The van der Waals surface area contributed by atoms with Gasteiger partial charge in [-0.1, -0.05) is 0 Å². The molecule has 2 aromatic rings. The summed E-state index contributed by atoms with van der Waals surface area (Å²) in [5.41, 5.74) is 0.583. The van der Waals surface area contributed by atoms with Crippen LogP contribution in [-0.4, -0.2) is 46.1 Å². The second-order valence-electron chi connectivity index (χ2n) is 10.6. The van der Waals surface area contributed by atoms with Crippen LogP contribution in [0.3, 0.4) is 0 Å². The summed E-state index contributed by atoms with van der Waals surface area (Å²) in [5, 5.41) is 21.0. The zero-order valence-electron chi connectivity index (χ0n) is 23.3. The fourth-order valence-electron chi connectivity index (χ4n) is 6.07. The number of carbonyl (C=O) groups excluding carboxylic acids is 2. The van der Waals surface area contributed by atoms with Gasteiger partial charge in [0, 0.05) is 53.9 Å². The minimum atomic E-state index is -4.80. The van der Waals surface area contributed by atoms with Gasteiger partial charge in [-0.05, 0) is 71.4 Å². The van der Waals surface area contributed by atoms with Crippen molar-refractivity contribution in [1.29, 1.82) is 0 Å². The summed E-state index contributed by atoms with van der Waals surface area (Å²) >= 11 is 3.40. The molecule has 0 saturated carbocycles. The maximum Gasteiger partial charge on any atom is 0.416 e. The van der Waals surface area contributed by atoms with Gasteiger partial charge in [-0.15, -0.1) is 0 Å². The largest absolute Gasteiger partial charge is 0.493 e. The molecule has 0 fully saturated rings. The summed E-state index contributed by atoms with van der Waals surface area (Å²) in [6, 6.07) is 5.02. The van der Waals surface area contributed by atoms with Crippen molar-refractivity contribution in [3.63, 3.8) is 0 Å². The highest BCUT2D eigenvalue weighted by Crippen LogP contribution is 2.52. The third-order valence-electron chi connectivity index (χ3n) is 7.92. The predicted molar refractivity (Wildman–Crippen MR) is 152 cm³/mol. The van der Waals surface area contributed by atoms with Crippen LogP contribution in [0.1, 0.15) is 62.0 Å². The Bertz CT molecular complexity index is 1610. The molecule has 0 unspecified atom stereocenters. The molecule has 14 heteroatoms. The predicted octanol–water partition coefficient (Wildman–Crippen LogP) is 7.07. The molecular weight excluding hydrogens is 653 g/mol. The average molecular weight is 679 g/mol. The minimum Gasteiger partial charge on any atom is -0.493 e. The van der Waals surface area contributed by atoms with E-state index in [9.17, 15) is 42.8 Å². The lowest BCUT2D eigenvalue weighted by Crippen LogP contribution is -2.39. The van der Waals surface area contributed by atoms with E-state index in [2.05, 4.69) is 15.9 Å². The van der Waals surface area contributed by atoms with Gasteiger partial charge >= 0.3 is 17.8 Å². The zero-order chi connectivity index (χ0) is 31.9. The summed E-state index contributed by atoms with van der Waals surface area (Å²) in [6.07, 6.45) is -2.25. The van der Waals surface area contributed by atoms with E-state index in [0.29, 0.717) is 65.9 Å². The molecule has 3 aliphatic rings. The van der Waals surface area contributed by atoms with Gasteiger partial charge in [0.1, 0.15) is 0 Å². The van der Waals surface area contributed by atoms with Crippen molar-refractivity contribution >= 4 is 39.2 Å². The standard InChI is InChI=1S/C30H26BrF3N2O8/c1-43-24-13-15(12-17(31)29(24)44-23-9-8-16(30(32,33)34)14-20(23)36(41)42)26-27-18(4-2-6-21(27)37)35(11-10-25(39)40)19-5-3-7-22(38)28(19)26/h8-9,12-14,26H,2-7,10-11H2,1H3,(H,39,40). The highest BCUT2D eigenvalue weighted by molar-refractivity contribution is 9.10. The molecule has 10 nitrogen and oxygen atoms in total. The number of methoxy groups -OCH3 is 1. The molecule has 0 aromatic heterocycles. The lowest BCUT2D eigenvalue weighted by atomic mass is 9.71. The molecule has 0 atom stereocenters. The normalized spacial score (nSPS) is 17.4. The van der Waals surface area contributed by atoms with E-state index < -0.39 is 40.0 Å². The van der Waals surface area contributed by atoms with Crippen LogP contribution < -0.4 is 9.47 Å². The van der Waals surface area contributed by atoms with Crippen LogP contribution in [0.15, 0.2) is 57.3 Å². The third-order valence-corrected chi connectivity index (χ3v) is 8.50. The van der Waals surface area contributed by atoms with E-state index in [4.69, 9.17) is 9.47 Å². The van der Waals surface area contributed by atoms with Gasteiger partial charge in [0.05, 0.1) is 28.5 Å². The fraction of sp³-hybridized carbons (Fsp3) is 0.367. The number of ketones is 2. The number of hydrogen-bond donors (Lipinski definition) is 1. The van der Waals surface area contributed by atoms with Gasteiger partial charge in [0.2, 0.25) is 5.75 Å². The number of Topliss-reactive ketones (excluding diaryl/α,β-unsaturated/α-hetero) is 2. The van der Waals surface area contributed by atoms with Crippen molar-refractivity contribution in [2.45, 2.75) is 57.0 Å². The highest BCUT2D eigenvalue weighted by atomic mass is 79.9. The number of nitrogens with zero attached hydrogens (tertiary/aromatic N) is 2. The van der Waals surface area contributed by atoms with Crippen LogP contribution in [0.25, 0.3) is 0 Å². The summed E-state index contributed by atoms with van der Waals surface area (Å²) in [6.45, 7) is 0.117. The first-order valence-corrected chi connectivity index (χ1v) is 14.5. The first kappa shape index (κ1) is 31.2. The number of carboxylic acid groups (broad SMARTS) is 1. The van der Waals surface area contributed by atoms with Crippen molar-refractivity contribution in [3.05, 3.63) is 78.6 Å². The molecule has 2 aromatic carbocycles. The maximum absolute atomic E-state index is 13.5. The molecule has 5 rings (SSSR count). The Morgan fingerprint density at radius 3 is 2.18 bits per heavy atom. The second-order valence-corrected chi connectivity index (χ2v) is 11.4. The Kier molecular flexibility index (Phi) is 8.56. The van der Waals surface area contributed by atoms with Gasteiger partial charge in [0.25, 0.3) is 0 Å². The van der Waals surface area contributed by atoms with E-state index in [1.807, 2.05) is 4.90 Å². The summed E-state index contributed by atoms with van der Waals surface area (Å²) < 4.78 is 51.1. The number of benzene rings is 2. The molecule has 0 saturated heterocycles. The summed E-state index contributed by atoms with van der Waals surface area (Å²) in [4.78, 5) is 50.9. The fourth-order valence-corrected chi connectivity index (χ4v) is 6.61. The molecule has 0 bridgehead atoms. The lowest BCUT2D eigenvalue weighted by Gasteiger charge is -2.44. The number of carboxylic acids is 1. The van der Waals surface area contributed by atoms with E-state index >= 15 is 0 Å². The van der Waals surface area contributed by atoms with E-state index in [1.54, 1.807) is 6.07 Å². The van der Waals surface area contributed by atoms with Crippen LogP contribution in [0.5, 0.6) is 17.2 Å². The number of allylic oxidation sites excluding steroid dienone is 4. The second kappa shape index (κ2) is 12.1. The van der Waals surface area contributed by atoms with Crippen LogP contribution in [-0.2, 0) is 20.6 Å². The number of rotatable bonds is 8. The van der Waals surface area contributed by atoms with Crippen molar-refractivity contribution < 1.29 is 47.1 Å². The van der Waals surface area contributed by atoms with E-state index in [0.717, 1.165) is 6.07 Å². The van der Waals surface area contributed by atoms with E-state index in [1.165, 1.54) is 13.2 Å².